The summed E-state index contributed by atoms with van der Waals surface area (Å²) in [5.41, 5.74) is -0.162. The minimum atomic E-state index is -0.162. The molecule has 1 aliphatic heterocycles. The molecule has 5 heteroatoms. The third kappa shape index (κ3) is 2.45. The van der Waals surface area contributed by atoms with E-state index in [2.05, 4.69) is 30.5 Å². The minimum Gasteiger partial charge on any atom is -0.329 e. The molecule has 1 aromatic rings. The molecule has 0 spiro atoms. The van der Waals surface area contributed by atoms with Crippen LogP contribution in [-0.2, 0) is 0 Å². The molecule has 17 heavy (non-hydrogen) atoms. The molecule has 0 bridgehead atoms. The molecule has 2 rings (SSSR count). The van der Waals surface area contributed by atoms with Gasteiger partial charge in [0, 0.05) is 18.0 Å². The first-order valence-electron chi connectivity index (χ1n) is 5.81. The molecule has 2 amide bonds. The van der Waals surface area contributed by atoms with E-state index >= 15 is 0 Å². The van der Waals surface area contributed by atoms with Gasteiger partial charge in [0.25, 0.3) is 0 Å². The zero-order chi connectivity index (χ0) is 12.5. The number of hydrogen-bond donors (Lipinski definition) is 2. The Hall–Kier alpha value is -1.07. The number of rotatable bonds is 4. The molecule has 2 heterocycles. The average Bonchev–Trinajstić information content (AvgIpc) is 2.85. The Balaban J connectivity index is 2.10. The van der Waals surface area contributed by atoms with Gasteiger partial charge in [-0.25, -0.2) is 4.79 Å². The van der Waals surface area contributed by atoms with E-state index in [4.69, 9.17) is 0 Å². The van der Waals surface area contributed by atoms with E-state index in [0.29, 0.717) is 0 Å². The Labute approximate surface area is 106 Å². The van der Waals surface area contributed by atoms with Crippen molar-refractivity contribution in [2.75, 3.05) is 20.1 Å². The van der Waals surface area contributed by atoms with Gasteiger partial charge >= 0.3 is 6.03 Å². The van der Waals surface area contributed by atoms with Crippen LogP contribution in [-0.4, -0.2) is 36.6 Å². The fourth-order valence-electron chi connectivity index (χ4n) is 2.24. The molecule has 1 aliphatic rings. The highest BCUT2D eigenvalue weighted by Crippen LogP contribution is 2.28. The third-order valence-electron chi connectivity index (χ3n) is 3.13. The molecule has 4 nitrogen and oxygen atoms in total. The molecule has 0 aliphatic carbocycles. The fraction of sp³-hybridized carbons (Fsp3) is 0.583. The summed E-state index contributed by atoms with van der Waals surface area (Å²) < 4.78 is 0. The van der Waals surface area contributed by atoms with Crippen LogP contribution in [0.2, 0.25) is 0 Å². The van der Waals surface area contributed by atoms with Gasteiger partial charge in [0.1, 0.15) is 0 Å². The largest absolute Gasteiger partial charge is 0.329 e. The first-order chi connectivity index (χ1) is 8.04. The Morgan fingerprint density at radius 2 is 2.41 bits per heavy atom. The summed E-state index contributed by atoms with van der Waals surface area (Å²) in [6.45, 7) is 5.70. The highest BCUT2D eigenvalue weighted by molar-refractivity contribution is 7.10. The second-order valence-electron chi connectivity index (χ2n) is 4.97. The first-order valence-corrected chi connectivity index (χ1v) is 6.69. The molecule has 0 radical (unpaired) electrons. The quantitative estimate of drug-likeness (QED) is 0.859. The molecule has 94 valence electrons. The number of urea groups is 1. The van der Waals surface area contributed by atoms with Crippen molar-refractivity contribution in [3.8, 4) is 0 Å². The lowest BCUT2D eigenvalue weighted by Crippen LogP contribution is -2.51. The van der Waals surface area contributed by atoms with E-state index in [-0.39, 0.29) is 17.6 Å². The zero-order valence-electron chi connectivity index (χ0n) is 10.5. The van der Waals surface area contributed by atoms with Crippen LogP contribution in [0.4, 0.5) is 4.79 Å². The highest BCUT2D eigenvalue weighted by Gasteiger charge is 2.38. The van der Waals surface area contributed by atoms with Crippen molar-refractivity contribution in [1.82, 2.24) is 15.5 Å². The highest BCUT2D eigenvalue weighted by atomic mass is 32.1. The Morgan fingerprint density at radius 1 is 1.65 bits per heavy atom. The molecule has 2 N–H and O–H groups in total. The fourth-order valence-corrected chi connectivity index (χ4v) is 3.01. The van der Waals surface area contributed by atoms with Crippen LogP contribution in [0.15, 0.2) is 17.5 Å². The van der Waals surface area contributed by atoms with Crippen LogP contribution < -0.4 is 10.6 Å². The van der Waals surface area contributed by atoms with Gasteiger partial charge in [-0.15, -0.1) is 11.3 Å². The van der Waals surface area contributed by atoms with E-state index in [0.717, 1.165) is 13.1 Å². The van der Waals surface area contributed by atoms with E-state index in [1.54, 1.807) is 11.3 Å². The van der Waals surface area contributed by atoms with Crippen molar-refractivity contribution in [2.24, 2.45) is 0 Å². The lowest BCUT2D eigenvalue weighted by atomic mass is 10.0. The number of carbonyl (C=O) groups excluding carboxylic acids is 1. The number of amides is 2. The number of hydrogen-bond acceptors (Lipinski definition) is 3. The molecular weight excluding hydrogens is 234 g/mol. The van der Waals surface area contributed by atoms with E-state index < -0.39 is 0 Å². The van der Waals surface area contributed by atoms with Gasteiger partial charge in [-0.3, -0.25) is 0 Å². The van der Waals surface area contributed by atoms with Crippen LogP contribution in [0.25, 0.3) is 0 Å². The summed E-state index contributed by atoms with van der Waals surface area (Å²) in [5, 5.41) is 8.22. The minimum absolute atomic E-state index is 0.0312. The van der Waals surface area contributed by atoms with Gasteiger partial charge in [0.2, 0.25) is 0 Å². The Morgan fingerprint density at radius 3 is 3.00 bits per heavy atom. The lowest BCUT2D eigenvalue weighted by Gasteiger charge is -2.34. The van der Waals surface area contributed by atoms with Crippen LogP contribution in [0.1, 0.15) is 24.8 Å². The molecule has 0 aromatic carbocycles. The van der Waals surface area contributed by atoms with Gasteiger partial charge < -0.3 is 15.5 Å². The molecule has 1 fully saturated rings. The second kappa shape index (κ2) is 4.66. The maximum Gasteiger partial charge on any atom is 0.318 e. The van der Waals surface area contributed by atoms with Crippen molar-refractivity contribution in [3.05, 3.63) is 22.4 Å². The van der Waals surface area contributed by atoms with Crippen molar-refractivity contribution >= 4 is 17.4 Å². The summed E-state index contributed by atoms with van der Waals surface area (Å²) in [6.07, 6.45) is 0. The second-order valence-corrected chi connectivity index (χ2v) is 5.95. The van der Waals surface area contributed by atoms with Gasteiger partial charge in [0.15, 0.2) is 0 Å². The maximum absolute atomic E-state index is 12.0. The predicted molar refractivity (Wildman–Crippen MR) is 70.3 cm³/mol. The smallest absolute Gasteiger partial charge is 0.318 e. The molecule has 1 aromatic heterocycles. The standard InChI is InChI=1S/C12H19N3OS/c1-12(2,8-13-3)15-7-9(14-11(15)16)10-5-4-6-17-10/h4-6,9,13H,7-8H2,1-3H3,(H,14,16). The number of carbonyl (C=O) groups is 1. The van der Waals surface area contributed by atoms with Gasteiger partial charge in [-0.2, -0.15) is 0 Å². The summed E-state index contributed by atoms with van der Waals surface area (Å²) in [7, 11) is 1.91. The van der Waals surface area contributed by atoms with Crippen LogP contribution >= 0.6 is 11.3 Å². The van der Waals surface area contributed by atoms with Crippen molar-refractivity contribution < 1.29 is 4.79 Å². The third-order valence-corrected chi connectivity index (χ3v) is 4.12. The number of thiophene rings is 1. The molecule has 1 unspecified atom stereocenters. The summed E-state index contributed by atoms with van der Waals surface area (Å²) >= 11 is 1.69. The lowest BCUT2D eigenvalue weighted by molar-refractivity contribution is 0.158. The topological polar surface area (TPSA) is 44.4 Å². The summed E-state index contributed by atoms with van der Waals surface area (Å²) in [6, 6.07) is 4.26. The maximum atomic E-state index is 12.0. The summed E-state index contributed by atoms with van der Waals surface area (Å²) in [5.74, 6) is 0. The van der Waals surface area contributed by atoms with Crippen molar-refractivity contribution in [2.45, 2.75) is 25.4 Å². The molecule has 1 saturated heterocycles. The van der Waals surface area contributed by atoms with Gasteiger partial charge in [-0.05, 0) is 32.3 Å². The van der Waals surface area contributed by atoms with E-state index in [1.165, 1.54) is 4.88 Å². The van der Waals surface area contributed by atoms with Gasteiger partial charge in [-0.1, -0.05) is 6.07 Å². The first kappa shape index (κ1) is 12.4. The predicted octanol–water partition coefficient (Wildman–Crippen LogP) is 1.81. The number of nitrogens with one attached hydrogen (secondary N) is 2. The normalized spacial score (nSPS) is 20.8. The number of likely N-dealkylation sites (N-methyl/N-ethyl adjacent to an activating group) is 1. The molecule has 0 saturated carbocycles. The zero-order valence-corrected chi connectivity index (χ0v) is 11.3. The molecular formula is C12H19N3OS. The Kier molecular flexibility index (Phi) is 3.40. The summed E-state index contributed by atoms with van der Waals surface area (Å²) in [4.78, 5) is 15.1. The monoisotopic (exact) mass is 253 g/mol. The van der Waals surface area contributed by atoms with Gasteiger partial charge in [0.05, 0.1) is 11.6 Å². The molecule has 1 atom stereocenters. The Bertz CT molecular complexity index is 388. The van der Waals surface area contributed by atoms with Crippen LogP contribution in [0.3, 0.4) is 0 Å². The van der Waals surface area contributed by atoms with E-state index in [1.807, 2.05) is 23.4 Å². The van der Waals surface area contributed by atoms with Crippen molar-refractivity contribution in [1.29, 1.82) is 0 Å². The SMILES string of the molecule is CNCC(C)(C)N1CC(c2cccs2)NC1=O. The van der Waals surface area contributed by atoms with Crippen LogP contribution in [0, 0.1) is 0 Å². The average molecular weight is 253 g/mol. The number of nitrogens with zero attached hydrogens (tertiary/aromatic N) is 1. The van der Waals surface area contributed by atoms with Crippen molar-refractivity contribution in [3.63, 3.8) is 0 Å². The van der Waals surface area contributed by atoms with Crippen LogP contribution in [0.5, 0.6) is 0 Å². The van der Waals surface area contributed by atoms with E-state index in [9.17, 15) is 4.79 Å².